The Morgan fingerprint density at radius 2 is 1.67 bits per heavy atom. The van der Waals surface area contributed by atoms with Gasteiger partial charge in [0.25, 0.3) is 0 Å². The van der Waals surface area contributed by atoms with Crippen LogP contribution < -0.4 is 0 Å². The lowest BCUT2D eigenvalue weighted by atomic mass is 10.4. The van der Waals surface area contributed by atoms with Crippen LogP contribution in [0, 0.1) is 0 Å². The zero-order chi connectivity index (χ0) is 9.40. The lowest BCUT2D eigenvalue weighted by Crippen LogP contribution is -2.35. The molecule has 5 nitrogen and oxygen atoms in total. The average molecular weight is 195 g/mol. The minimum absolute atomic E-state index is 0.924. The van der Waals surface area contributed by atoms with Crippen molar-refractivity contribution in [2.45, 2.75) is 6.92 Å². The summed E-state index contributed by atoms with van der Waals surface area (Å²) in [5, 5.41) is 0. The topological polar surface area (TPSA) is 63.7 Å². The lowest BCUT2D eigenvalue weighted by molar-refractivity contribution is 0.0405. The summed E-state index contributed by atoms with van der Waals surface area (Å²) in [6, 6.07) is 0. The van der Waals surface area contributed by atoms with Crippen molar-refractivity contribution in [3.05, 3.63) is 0 Å². The summed E-state index contributed by atoms with van der Waals surface area (Å²) in [5.41, 5.74) is 0. The molecule has 0 unspecified atom stereocenters. The number of likely N-dealkylation sites (N-methyl/N-ethyl adjacent to an activating group) is 1. The maximum atomic E-state index is 8.44. The summed E-state index contributed by atoms with van der Waals surface area (Å²) < 4.78 is 30.5. The van der Waals surface area contributed by atoms with Crippen molar-refractivity contribution in [1.29, 1.82) is 0 Å². The van der Waals surface area contributed by atoms with E-state index in [-0.39, 0.29) is 0 Å². The average Bonchev–Trinajstić information content (AvgIpc) is 2.05. The molecule has 0 aliphatic carbocycles. The molecule has 0 atom stereocenters. The minimum Gasteiger partial charge on any atom is -0.379 e. The van der Waals surface area contributed by atoms with Gasteiger partial charge in [-0.2, -0.15) is 0 Å². The molecule has 0 aromatic carbocycles. The van der Waals surface area contributed by atoms with Gasteiger partial charge in [-0.3, -0.25) is 4.90 Å². The third kappa shape index (κ3) is 7.64. The molecular weight excluding hydrogens is 182 g/mol. The molecule has 12 heavy (non-hydrogen) atoms. The summed E-state index contributed by atoms with van der Waals surface area (Å²) in [5.74, 6) is 0. The van der Waals surface area contributed by atoms with E-state index in [1.165, 1.54) is 6.54 Å². The second kappa shape index (κ2) is 7.20. The molecule has 0 amide bonds. The van der Waals surface area contributed by atoms with Crippen molar-refractivity contribution in [2.75, 3.05) is 32.8 Å². The standard InChI is InChI=1S/C6H13NO.O3S/c1-2-7-3-5-8-6-4-7;1-4(2)3/h2-6H2,1H3;. The Morgan fingerprint density at radius 1 is 1.25 bits per heavy atom. The normalized spacial score (nSPS) is 17.8. The van der Waals surface area contributed by atoms with Gasteiger partial charge < -0.3 is 4.74 Å². The Kier molecular flexibility index (Phi) is 6.93. The van der Waals surface area contributed by atoms with E-state index in [1.54, 1.807) is 0 Å². The predicted octanol–water partition coefficient (Wildman–Crippen LogP) is -0.666. The highest BCUT2D eigenvalue weighted by atomic mass is 32.2. The van der Waals surface area contributed by atoms with Crippen molar-refractivity contribution in [2.24, 2.45) is 0 Å². The fourth-order valence-electron chi connectivity index (χ4n) is 0.917. The van der Waals surface area contributed by atoms with Gasteiger partial charge in [0.05, 0.1) is 13.2 Å². The largest absolute Gasteiger partial charge is 0.425 e. The van der Waals surface area contributed by atoms with Crippen molar-refractivity contribution < 1.29 is 17.4 Å². The SMILES string of the molecule is CCN1CCOCC1.O=S(=O)=O. The first kappa shape index (κ1) is 11.5. The highest BCUT2D eigenvalue weighted by Crippen LogP contribution is 1.93. The third-order valence-corrected chi connectivity index (χ3v) is 1.55. The summed E-state index contributed by atoms with van der Waals surface area (Å²) in [7, 11) is -3.11. The Bertz CT molecular complexity index is 186. The van der Waals surface area contributed by atoms with Crippen LogP contribution in [0.1, 0.15) is 6.92 Å². The molecule has 0 bridgehead atoms. The highest BCUT2D eigenvalue weighted by Gasteiger charge is 2.05. The molecule has 1 rings (SSSR count). The highest BCUT2D eigenvalue weighted by molar-refractivity contribution is 7.59. The van der Waals surface area contributed by atoms with Crippen molar-refractivity contribution in [3.8, 4) is 0 Å². The lowest BCUT2D eigenvalue weighted by Gasteiger charge is -2.24. The summed E-state index contributed by atoms with van der Waals surface area (Å²) >= 11 is 0. The second-order valence-corrected chi connectivity index (χ2v) is 2.66. The molecule has 0 aromatic heterocycles. The Balaban J connectivity index is 0.000000261. The molecule has 0 N–H and O–H groups in total. The molecule has 1 fully saturated rings. The molecule has 1 aliphatic rings. The van der Waals surface area contributed by atoms with Gasteiger partial charge in [0.15, 0.2) is 0 Å². The van der Waals surface area contributed by atoms with Gasteiger partial charge in [-0.25, -0.2) is 0 Å². The van der Waals surface area contributed by atoms with Gasteiger partial charge in [0, 0.05) is 13.1 Å². The maximum absolute atomic E-state index is 8.44. The quantitative estimate of drug-likeness (QED) is 0.555. The number of nitrogens with zero attached hydrogens (tertiary/aromatic N) is 1. The van der Waals surface area contributed by atoms with Crippen LogP contribution in [0.2, 0.25) is 0 Å². The van der Waals surface area contributed by atoms with Crippen molar-refractivity contribution in [3.63, 3.8) is 0 Å². The second-order valence-electron chi connectivity index (χ2n) is 2.25. The van der Waals surface area contributed by atoms with Crippen LogP contribution in [0.25, 0.3) is 0 Å². The van der Waals surface area contributed by atoms with E-state index in [0.717, 1.165) is 26.3 Å². The van der Waals surface area contributed by atoms with E-state index in [0.29, 0.717) is 0 Å². The molecule has 0 spiro atoms. The smallest absolute Gasteiger partial charge is 0.379 e. The first-order chi connectivity index (χ1) is 5.66. The van der Waals surface area contributed by atoms with E-state index in [2.05, 4.69) is 11.8 Å². The summed E-state index contributed by atoms with van der Waals surface area (Å²) in [6.45, 7) is 7.45. The van der Waals surface area contributed by atoms with Crippen LogP contribution in [0.15, 0.2) is 0 Å². The van der Waals surface area contributed by atoms with Crippen LogP contribution in [-0.4, -0.2) is 50.4 Å². The molecule has 0 aromatic rings. The van der Waals surface area contributed by atoms with E-state index >= 15 is 0 Å². The van der Waals surface area contributed by atoms with Crippen molar-refractivity contribution >= 4 is 10.6 Å². The van der Waals surface area contributed by atoms with Crippen LogP contribution in [-0.2, 0) is 15.3 Å². The number of hydrogen-bond donors (Lipinski definition) is 0. The van der Waals surface area contributed by atoms with Crippen LogP contribution in [0.5, 0.6) is 0 Å². The fraction of sp³-hybridized carbons (Fsp3) is 1.00. The van der Waals surface area contributed by atoms with Crippen molar-refractivity contribution in [1.82, 2.24) is 4.90 Å². The van der Waals surface area contributed by atoms with E-state index < -0.39 is 10.6 Å². The first-order valence-corrected chi connectivity index (χ1v) is 4.73. The molecule has 72 valence electrons. The van der Waals surface area contributed by atoms with Crippen LogP contribution in [0.3, 0.4) is 0 Å². The summed E-state index contributed by atoms with van der Waals surface area (Å²) in [6.07, 6.45) is 0. The van der Waals surface area contributed by atoms with Gasteiger partial charge in [0.2, 0.25) is 0 Å². The predicted molar refractivity (Wildman–Crippen MR) is 42.6 cm³/mol. The maximum Gasteiger partial charge on any atom is 0.425 e. The van der Waals surface area contributed by atoms with Gasteiger partial charge in [0.1, 0.15) is 0 Å². The zero-order valence-electron chi connectivity index (χ0n) is 7.02. The molecule has 6 heteroatoms. The molecule has 1 aliphatic heterocycles. The zero-order valence-corrected chi connectivity index (χ0v) is 7.84. The molecule has 1 heterocycles. The van der Waals surface area contributed by atoms with Gasteiger partial charge >= 0.3 is 10.6 Å². The van der Waals surface area contributed by atoms with E-state index in [1.807, 2.05) is 0 Å². The fourth-order valence-corrected chi connectivity index (χ4v) is 0.917. The van der Waals surface area contributed by atoms with E-state index in [4.69, 9.17) is 17.4 Å². The number of morpholine rings is 1. The van der Waals surface area contributed by atoms with Gasteiger partial charge in [-0.1, -0.05) is 6.92 Å². The van der Waals surface area contributed by atoms with Crippen LogP contribution >= 0.6 is 0 Å². The number of hydrogen-bond acceptors (Lipinski definition) is 5. The summed E-state index contributed by atoms with van der Waals surface area (Å²) in [4.78, 5) is 2.39. The molecule has 0 saturated carbocycles. The third-order valence-electron chi connectivity index (χ3n) is 1.55. The first-order valence-electron chi connectivity index (χ1n) is 3.73. The molecular formula is C6H13NO4S. The molecule has 0 radical (unpaired) electrons. The van der Waals surface area contributed by atoms with Gasteiger partial charge in [-0.05, 0) is 6.54 Å². The van der Waals surface area contributed by atoms with Gasteiger partial charge in [-0.15, -0.1) is 12.6 Å². The molecule has 1 saturated heterocycles. The van der Waals surface area contributed by atoms with E-state index in [9.17, 15) is 0 Å². The minimum atomic E-state index is -3.11. The Hall–Kier alpha value is -0.460. The monoisotopic (exact) mass is 195 g/mol. The number of rotatable bonds is 1. The van der Waals surface area contributed by atoms with Crippen LogP contribution in [0.4, 0.5) is 0 Å². The number of ether oxygens (including phenoxy) is 1. The Morgan fingerprint density at radius 3 is 1.92 bits per heavy atom. The Labute approximate surface area is 73.4 Å².